The molecule has 0 aliphatic rings. The molecule has 0 aliphatic carbocycles. The Morgan fingerprint density at radius 1 is 1.19 bits per heavy atom. The number of aryl methyl sites for hydroxylation is 1. The molecule has 2 nitrogen and oxygen atoms in total. The van der Waals surface area contributed by atoms with E-state index in [2.05, 4.69) is 41.7 Å². The molecule has 1 atom stereocenters. The molecule has 0 fully saturated rings. The van der Waals surface area contributed by atoms with Crippen molar-refractivity contribution in [2.75, 3.05) is 0 Å². The normalized spacial score (nSPS) is 13.8. The van der Waals surface area contributed by atoms with Crippen molar-refractivity contribution in [2.45, 2.75) is 38.9 Å². The Bertz CT molecular complexity index is 626. The maximum Gasteiger partial charge on any atom is 0.144 e. The van der Waals surface area contributed by atoms with Crippen LogP contribution in [0.25, 0.3) is 0 Å². The second kappa shape index (κ2) is 6.77. The molecule has 112 valence electrons. The molecule has 0 amide bonds. The summed E-state index contributed by atoms with van der Waals surface area (Å²) in [5.74, 6) is 0. The van der Waals surface area contributed by atoms with E-state index in [-0.39, 0.29) is 4.75 Å². The zero-order valence-corrected chi connectivity index (χ0v) is 14.6. The van der Waals surface area contributed by atoms with E-state index < -0.39 is 11.4 Å². The third-order valence-electron chi connectivity index (χ3n) is 3.11. The molecule has 0 bridgehead atoms. The highest BCUT2D eigenvalue weighted by Crippen LogP contribution is 2.22. The second-order valence-corrected chi connectivity index (χ2v) is 9.14. The largest absolute Gasteiger partial charge is 0.591 e. The molecule has 21 heavy (non-hydrogen) atoms. The lowest BCUT2D eigenvalue weighted by Crippen LogP contribution is -2.25. The van der Waals surface area contributed by atoms with Crippen LogP contribution in [0.3, 0.4) is 0 Å². The monoisotopic (exact) mass is 319 g/mol. The highest BCUT2D eigenvalue weighted by atomic mass is 32.2. The molecule has 0 spiro atoms. The van der Waals surface area contributed by atoms with Crippen LogP contribution in [-0.2, 0) is 17.8 Å². The summed E-state index contributed by atoms with van der Waals surface area (Å²) in [6, 6.07) is 12.6. The number of rotatable bonds is 4. The zero-order valence-electron chi connectivity index (χ0n) is 12.9. The van der Waals surface area contributed by atoms with Gasteiger partial charge in [-0.15, -0.1) is 11.3 Å². The highest BCUT2D eigenvalue weighted by molar-refractivity contribution is 7.91. The average molecular weight is 319 g/mol. The van der Waals surface area contributed by atoms with Gasteiger partial charge in [-0.1, -0.05) is 28.7 Å². The minimum atomic E-state index is -1.19. The quantitative estimate of drug-likeness (QED) is 0.602. The van der Waals surface area contributed by atoms with Gasteiger partial charge in [0.25, 0.3) is 0 Å². The fraction of sp³-hybridized carbons (Fsp3) is 0.353. The molecule has 2 rings (SSSR count). The maximum absolute atomic E-state index is 11.9. The van der Waals surface area contributed by atoms with Crippen molar-refractivity contribution in [2.24, 2.45) is 4.40 Å². The Morgan fingerprint density at radius 3 is 2.57 bits per heavy atom. The SMILES string of the molecule is Cc1ccccc1Cc1ccc(/C=N/[S+]([O-])C(C)(C)C)s1. The topological polar surface area (TPSA) is 35.4 Å². The maximum atomic E-state index is 11.9. The van der Waals surface area contributed by atoms with Crippen molar-refractivity contribution in [1.82, 2.24) is 0 Å². The molecule has 0 N–H and O–H groups in total. The molecule has 1 aromatic carbocycles. The minimum absolute atomic E-state index is 0.308. The van der Waals surface area contributed by atoms with Crippen LogP contribution in [-0.4, -0.2) is 15.5 Å². The van der Waals surface area contributed by atoms with Gasteiger partial charge in [0.1, 0.15) is 16.1 Å². The van der Waals surface area contributed by atoms with Crippen molar-refractivity contribution < 1.29 is 4.55 Å². The average Bonchev–Trinajstić information content (AvgIpc) is 2.85. The Kier molecular flexibility index (Phi) is 5.25. The van der Waals surface area contributed by atoms with E-state index in [1.165, 1.54) is 16.0 Å². The Hall–Kier alpha value is -1.10. The lowest BCUT2D eigenvalue weighted by molar-refractivity contribution is 0.562. The van der Waals surface area contributed by atoms with Crippen molar-refractivity contribution in [1.29, 1.82) is 0 Å². The number of benzene rings is 1. The molecular formula is C17H21NOS2. The first-order chi connectivity index (χ1) is 9.86. The van der Waals surface area contributed by atoms with E-state index in [0.29, 0.717) is 0 Å². The lowest BCUT2D eigenvalue weighted by atomic mass is 10.1. The summed E-state index contributed by atoms with van der Waals surface area (Å²) < 4.78 is 15.8. The summed E-state index contributed by atoms with van der Waals surface area (Å²) in [4.78, 5) is 2.35. The lowest BCUT2D eigenvalue weighted by Gasteiger charge is -2.17. The van der Waals surface area contributed by atoms with Gasteiger partial charge in [0.05, 0.1) is 11.1 Å². The van der Waals surface area contributed by atoms with Gasteiger partial charge in [-0.25, -0.2) is 0 Å². The van der Waals surface area contributed by atoms with Crippen LogP contribution < -0.4 is 0 Å². The predicted molar refractivity (Wildman–Crippen MR) is 93.8 cm³/mol. The fourth-order valence-corrected chi connectivity index (χ4v) is 3.31. The molecule has 2 aromatic rings. The Balaban J connectivity index is 2.05. The van der Waals surface area contributed by atoms with E-state index in [1.807, 2.05) is 26.8 Å². The van der Waals surface area contributed by atoms with E-state index in [4.69, 9.17) is 0 Å². The van der Waals surface area contributed by atoms with Crippen molar-refractivity contribution in [3.8, 4) is 0 Å². The van der Waals surface area contributed by atoms with Crippen LogP contribution in [0, 0.1) is 6.92 Å². The minimum Gasteiger partial charge on any atom is -0.591 e. The molecule has 0 aliphatic heterocycles. The Labute approximate surface area is 134 Å². The van der Waals surface area contributed by atoms with Gasteiger partial charge in [0, 0.05) is 11.3 Å². The van der Waals surface area contributed by atoms with Crippen LogP contribution >= 0.6 is 11.3 Å². The van der Waals surface area contributed by atoms with Gasteiger partial charge in [0.15, 0.2) is 0 Å². The standard InChI is InChI=1S/C17H21NOS2/c1-13-7-5-6-8-14(13)11-15-9-10-16(20-15)12-18-21(19)17(2,3)4/h5-10,12H,11H2,1-4H3/b18-12+. The summed E-state index contributed by atoms with van der Waals surface area (Å²) in [5, 5.41) is 0. The first-order valence-corrected chi connectivity index (χ1v) is 8.88. The summed E-state index contributed by atoms with van der Waals surface area (Å²) in [5.41, 5.74) is 2.66. The summed E-state index contributed by atoms with van der Waals surface area (Å²) in [6.07, 6.45) is 2.67. The predicted octanol–water partition coefficient (Wildman–Crippen LogP) is 4.53. The first-order valence-electron chi connectivity index (χ1n) is 6.95. The van der Waals surface area contributed by atoms with Gasteiger partial charge in [-0.2, -0.15) is 0 Å². The molecule has 0 saturated carbocycles. The molecule has 0 saturated heterocycles. The number of nitrogens with zero attached hydrogens (tertiary/aromatic N) is 1. The molecule has 1 heterocycles. The molecule has 1 unspecified atom stereocenters. The molecule has 4 heteroatoms. The van der Waals surface area contributed by atoms with Gasteiger partial charge < -0.3 is 4.55 Å². The van der Waals surface area contributed by atoms with Gasteiger partial charge in [0.2, 0.25) is 0 Å². The van der Waals surface area contributed by atoms with Crippen LogP contribution in [0.4, 0.5) is 0 Å². The van der Waals surface area contributed by atoms with Crippen LogP contribution in [0.1, 0.15) is 41.7 Å². The number of hydrogen-bond acceptors (Lipinski definition) is 3. The number of hydrogen-bond donors (Lipinski definition) is 0. The second-order valence-electron chi connectivity index (χ2n) is 6.00. The van der Waals surface area contributed by atoms with E-state index >= 15 is 0 Å². The van der Waals surface area contributed by atoms with Crippen LogP contribution in [0.15, 0.2) is 40.8 Å². The van der Waals surface area contributed by atoms with Gasteiger partial charge in [-0.05, 0) is 51.0 Å². The third kappa shape index (κ3) is 4.70. The third-order valence-corrected chi connectivity index (χ3v) is 5.47. The van der Waals surface area contributed by atoms with Crippen LogP contribution in [0.2, 0.25) is 0 Å². The molecular weight excluding hydrogens is 298 g/mol. The van der Waals surface area contributed by atoms with Crippen molar-refractivity contribution >= 4 is 28.9 Å². The van der Waals surface area contributed by atoms with E-state index in [1.54, 1.807) is 17.6 Å². The summed E-state index contributed by atoms with van der Waals surface area (Å²) >= 11 is 0.511. The van der Waals surface area contributed by atoms with E-state index in [0.717, 1.165) is 11.3 Å². The molecule has 1 aromatic heterocycles. The Morgan fingerprint density at radius 2 is 1.90 bits per heavy atom. The highest BCUT2D eigenvalue weighted by Gasteiger charge is 2.25. The van der Waals surface area contributed by atoms with Crippen molar-refractivity contribution in [3.05, 3.63) is 57.3 Å². The van der Waals surface area contributed by atoms with E-state index in [9.17, 15) is 4.55 Å². The number of thiophene rings is 1. The van der Waals surface area contributed by atoms with Crippen LogP contribution in [0.5, 0.6) is 0 Å². The van der Waals surface area contributed by atoms with Crippen molar-refractivity contribution in [3.63, 3.8) is 0 Å². The fourth-order valence-electron chi connectivity index (χ4n) is 1.81. The molecule has 0 radical (unpaired) electrons. The first kappa shape index (κ1) is 16.3. The zero-order chi connectivity index (χ0) is 15.5. The van der Waals surface area contributed by atoms with Gasteiger partial charge in [-0.3, -0.25) is 0 Å². The smallest absolute Gasteiger partial charge is 0.144 e. The summed E-state index contributed by atoms with van der Waals surface area (Å²) in [7, 11) is 0. The summed E-state index contributed by atoms with van der Waals surface area (Å²) in [6.45, 7) is 7.92. The van der Waals surface area contributed by atoms with Gasteiger partial charge >= 0.3 is 0 Å².